The molecule has 1 aliphatic rings. The van der Waals surface area contributed by atoms with Crippen LogP contribution in [-0.4, -0.2) is 38.9 Å². The normalized spacial score (nSPS) is 20.8. The molecule has 5 nitrogen and oxygen atoms in total. The van der Waals surface area contributed by atoms with Gasteiger partial charge in [0.25, 0.3) is 0 Å². The first-order valence-corrected chi connectivity index (χ1v) is 5.60. The molecule has 0 atom stereocenters. The van der Waals surface area contributed by atoms with Crippen LogP contribution in [0.25, 0.3) is 0 Å². The van der Waals surface area contributed by atoms with E-state index in [1.807, 2.05) is 0 Å². The predicted molar refractivity (Wildman–Crippen MR) is 60.3 cm³/mol. The Bertz CT molecular complexity index is 309. The third kappa shape index (κ3) is 2.09. The van der Waals surface area contributed by atoms with Crippen molar-refractivity contribution >= 4 is 11.8 Å². The van der Waals surface area contributed by atoms with Crippen molar-refractivity contribution in [3.8, 4) is 0 Å². The van der Waals surface area contributed by atoms with Gasteiger partial charge in [0.15, 0.2) is 11.6 Å². The minimum atomic E-state index is -1.10. The van der Waals surface area contributed by atoms with Gasteiger partial charge in [-0.3, -0.25) is 9.59 Å². The number of Topliss-reactive ketones (excluding diaryl/α,β-unsaturated/α-hetero) is 1. The predicted octanol–water partition coefficient (Wildman–Crippen LogP) is 1.15. The monoisotopic (exact) mass is 244 g/mol. The quantitative estimate of drug-likeness (QED) is 0.412. The fraction of sp³-hybridized carbons (Fsp3) is 0.833. The summed E-state index contributed by atoms with van der Waals surface area (Å²) in [5, 5.41) is 0. The Morgan fingerprint density at radius 3 is 1.82 bits per heavy atom. The number of carbonyl (C=O) groups excluding carboxylic acids is 2. The van der Waals surface area contributed by atoms with Crippen LogP contribution < -0.4 is 0 Å². The topological polar surface area (TPSA) is 61.8 Å². The maximum Gasteiger partial charge on any atom is 0.319 e. The Morgan fingerprint density at radius 1 is 1.06 bits per heavy atom. The van der Waals surface area contributed by atoms with Gasteiger partial charge in [0, 0.05) is 33.0 Å². The average molecular weight is 244 g/mol. The first kappa shape index (κ1) is 14.1. The molecule has 17 heavy (non-hydrogen) atoms. The average Bonchev–Trinajstić information content (AvgIpc) is 2.28. The molecule has 0 unspecified atom stereocenters. The molecular formula is C12H20O5. The van der Waals surface area contributed by atoms with Crippen molar-refractivity contribution in [3.05, 3.63) is 0 Å². The van der Waals surface area contributed by atoms with E-state index in [1.54, 1.807) is 13.8 Å². The summed E-state index contributed by atoms with van der Waals surface area (Å²) >= 11 is 0. The molecule has 0 aliphatic heterocycles. The molecule has 0 aromatic rings. The fourth-order valence-electron chi connectivity index (χ4n) is 2.41. The third-order valence-corrected chi connectivity index (χ3v) is 3.46. The summed E-state index contributed by atoms with van der Waals surface area (Å²) in [4.78, 5) is 24.0. The highest BCUT2D eigenvalue weighted by Gasteiger charge is 2.65. The Balaban J connectivity index is 2.95. The molecule has 1 fully saturated rings. The SMILES string of the molecule is COC(=O)C1(C(=O)C(C)C)CC(OC)(OC)C1. The van der Waals surface area contributed by atoms with Gasteiger partial charge in [-0.2, -0.15) is 0 Å². The zero-order valence-electron chi connectivity index (χ0n) is 11.0. The molecule has 0 heterocycles. The minimum absolute atomic E-state index is 0.117. The van der Waals surface area contributed by atoms with Gasteiger partial charge in [-0.1, -0.05) is 13.8 Å². The third-order valence-electron chi connectivity index (χ3n) is 3.46. The van der Waals surface area contributed by atoms with E-state index < -0.39 is 17.2 Å². The largest absolute Gasteiger partial charge is 0.468 e. The van der Waals surface area contributed by atoms with E-state index in [2.05, 4.69) is 0 Å². The summed E-state index contributed by atoms with van der Waals surface area (Å²) in [7, 11) is 4.30. The summed E-state index contributed by atoms with van der Waals surface area (Å²) < 4.78 is 15.2. The van der Waals surface area contributed by atoms with E-state index in [0.29, 0.717) is 0 Å². The Labute approximate surface area is 101 Å². The number of esters is 1. The molecule has 1 saturated carbocycles. The van der Waals surface area contributed by atoms with Crippen molar-refractivity contribution < 1.29 is 23.8 Å². The van der Waals surface area contributed by atoms with E-state index in [-0.39, 0.29) is 24.5 Å². The zero-order valence-corrected chi connectivity index (χ0v) is 11.0. The van der Waals surface area contributed by atoms with Crippen molar-refractivity contribution in [3.63, 3.8) is 0 Å². The molecule has 5 heteroatoms. The summed E-state index contributed by atoms with van der Waals surface area (Å²) in [6.07, 6.45) is 0.438. The van der Waals surface area contributed by atoms with Crippen LogP contribution in [0.4, 0.5) is 0 Å². The summed E-state index contributed by atoms with van der Waals surface area (Å²) in [5.74, 6) is -1.67. The van der Waals surface area contributed by atoms with Crippen molar-refractivity contribution in [2.75, 3.05) is 21.3 Å². The van der Waals surface area contributed by atoms with Crippen molar-refractivity contribution in [1.29, 1.82) is 0 Å². The van der Waals surface area contributed by atoms with Gasteiger partial charge >= 0.3 is 5.97 Å². The highest BCUT2D eigenvalue weighted by molar-refractivity contribution is 6.05. The van der Waals surface area contributed by atoms with Gasteiger partial charge in [0.05, 0.1) is 7.11 Å². The van der Waals surface area contributed by atoms with Crippen LogP contribution in [0.3, 0.4) is 0 Å². The van der Waals surface area contributed by atoms with Crippen molar-refractivity contribution in [2.45, 2.75) is 32.5 Å². The standard InChI is InChI=1S/C12H20O5/c1-8(2)9(13)11(10(14)15-3)6-12(7-11,16-4)17-5/h8H,6-7H2,1-5H3. The highest BCUT2D eigenvalue weighted by Crippen LogP contribution is 2.53. The number of rotatable bonds is 5. The highest BCUT2D eigenvalue weighted by atomic mass is 16.7. The Kier molecular flexibility index (Phi) is 3.94. The minimum Gasteiger partial charge on any atom is -0.468 e. The van der Waals surface area contributed by atoms with E-state index in [1.165, 1.54) is 21.3 Å². The number of methoxy groups -OCH3 is 3. The van der Waals surface area contributed by atoms with Gasteiger partial charge in [-0.15, -0.1) is 0 Å². The molecule has 0 saturated heterocycles. The van der Waals surface area contributed by atoms with E-state index in [0.717, 1.165) is 0 Å². The molecular weight excluding hydrogens is 224 g/mol. The molecule has 0 aromatic heterocycles. The lowest BCUT2D eigenvalue weighted by Crippen LogP contribution is -2.62. The molecule has 1 aliphatic carbocycles. The van der Waals surface area contributed by atoms with Crippen LogP contribution >= 0.6 is 0 Å². The van der Waals surface area contributed by atoms with Crippen LogP contribution in [0.5, 0.6) is 0 Å². The van der Waals surface area contributed by atoms with Gasteiger partial charge < -0.3 is 14.2 Å². The molecule has 1 rings (SSSR count). The first-order valence-electron chi connectivity index (χ1n) is 5.60. The van der Waals surface area contributed by atoms with Gasteiger partial charge in [-0.05, 0) is 0 Å². The van der Waals surface area contributed by atoms with E-state index in [9.17, 15) is 9.59 Å². The maximum absolute atomic E-state index is 12.2. The van der Waals surface area contributed by atoms with Crippen molar-refractivity contribution in [1.82, 2.24) is 0 Å². The van der Waals surface area contributed by atoms with Crippen LogP contribution in [0.15, 0.2) is 0 Å². The van der Waals surface area contributed by atoms with Crippen molar-refractivity contribution in [2.24, 2.45) is 11.3 Å². The van der Waals surface area contributed by atoms with Crippen LogP contribution in [0, 0.1) is 11.3 Å². The summed E-state index contributed by atoms with van der Waals surface area (Å²) in [6, 6.07) is 0. The number of carbonyl (C=O) groups is 2. The smallest absolute Gasteiger partial charge is 0.319 e. The zero-order chi connectivity index (χ0) is 13.3. The molecule has 0 N–H and O–H groups in total. The lowest BCUT2D eigenvalue weighted by molar-refractivity contribution is -0.289. The van der Waals surface area contributed by atoms with Gasteiger partial charge in [0.1, 0.15) is 5.41 Å². The van der Waals surface area contributed by atoms with Gasteiger partial charge in [0.2, 0.25) is 0 Å². The molecule has 0 radical (unpaired) electrons. The second-order valence-electron chi connectivity index (χ2n) is 4.77. The first-order chi connectivity index (χ1) is 7.87. The second kappa shape index (κ2) is 4.74. The second-order valence-corrected chi connectivity index (χ2v) is 4.77. The number of hydrogen-bond acceptors (Lipinski definition) is 5. The number of ketones is 1. The maximum atomic E-state index is 12.2. The Morgan fingerprint density at radius 2 is 1.53 bits per heavy atom. The van der Waals surface area contributed by atoms with E-state index in [4.69, 9.17) is 14.2 Å². The molecule has 0 bridgehead atoms. The number of hydrogen-bond donors (Lipinski definition) is 0. The summed E-state index contributed by atoms with van der Waals surface area (Å²) in [6.45, 7) is 3.54. The fourth-order valence-corrected chi connectivity index (χ4v) is 2.41. The molecule has 0 amide bonds. The molecule has 98 valence electrons. The van der Waals surface area contributed by atoms with Crippen LogP contribution in [0.2, 0.25) is 0 Å². The molecule has 0 spiro atoms. The lowest BCUT2D eigenvalue weighted by Gasteiger charge is -2.51. The lowest BCUT2D eigenvalue weighted by atomic mass is 9.60. The summed E-state index contributed by atoms with van der Waals surface area (Å²) in [5.41, 5.74) is -1.10. The number of ether oxygens (including phenoxy) is 3. The molecule has 0 aromatic carbocycles. The van der Waals surface area contributed by atoms with Crippen LogP contribution in [0.1, 0.15) is 26.7 Å². The van der Waals surface area contributed by atoms with E-state index >= 15 is 0 Å². The Hall–Kier alpha value is -0.940. The van der Waals surface area contributed by atoms with Gasteiger partial charge in [-0.25, -0.2) is 0 Å². The van der Waals surface area contributed by atoms with Crippen LogP contribution in [-0.2, 0) is 23.8 Å².